The van der Waals surface area contributed by atoms with Gasteiger partial charge >= 0.3 is 0 Å². The van der Waals surface area contributed by atoms with E-state index < -0.39 is 0 Å². The van der Waals surface area contributed by atoms with Crippen LogP contribution in [-0.4, -0.2) is 6.61 Å². The summed E-state index contributed by atoms with van der Waals surface area (Å²) in [4.78, 5) is 0. The second-order valence-electron chi connectivity index (χ2n) is 5.06. The van der Waals surface area contributed by atoms with E-state index in [0.717, 1.165) is 22.8 Å². The van der Waals surface area contributed by atoms with Gasteiger partial charge in [0.05, 0.1) is 11.8 Å². The zero-order valence-electron chi connectivity index (χ0n) is 12.1. The van der Waals surface area contributed by atoms with Crippen molar-refractivity contribution in [3.05, 3.63) is 67.4 Å². The molecule has 1 unspecified atom stereocenters. The molecule has 0 saturated heterocycles. The summed E-state index contributed by atoms with van der Waals surface area (Å²) in [5.41, 5.74) is 2.28. The van der Waals surface area contributed by atoms with E-state index in [4.69, 9.17) is 4.74 Å². The van der Waals surface area contributed by atoms with E-state index in [-0.39, 0.29) is 6.04 Å². The number of ether oxygens (including phenoxy) is 1. The molecule has 1 aromatic carbocycles. The van der Waals surface area contributed by atoms with Crippen molar-refractivity contribution in [2.45, 2.75) is 13.0 Å². The number of hydrogen-bond acceptors (Lipinski definition) is 2. The highest BCUT2D eigenvalue weighted by atomic mass is 16.5. The van der Waals surface area contributed by atoms with Gasteiger partial charge in [0, 0.05) is 6.07 Å². The minimum atomic E-state index is 0.244. The minimum absolute atomic E-state index is 0.244. The maximum atomic E-state index is 5.94. The van der Waals surface area contributed by atoms with Gasteiger partial charge in [0.1, 0.15) is 24.1 Å². The number of nitrogens with one attached hydrogen (secondary N) is 1. The van der Waals surface area contributed by atoms with E-state index in [1.807, 2.05) is 30.5 Å². The standard InChI is InChI=1S/C18H18N2O/c1-3-4-12-19-18-11-7-9-16-15-8-5-6-10-17(15)21-13-14(2)20(16)18/h3-12,14H,1,13H2,2H3/p+1. The molecule has 1 aliphatic rings. The number of anilines is 1. The summed E-state index contributed by atoms with van der Waals surface area (Å²) in [7, 11) is 0. The highest BCUT2D eigenvalue weighted by Gasteiger charge is 2.26. The molecule has 0 spiro atoms. The molecule has 0 amide bonds. The molecule has 21 heavy (non-hydrogen) atoms. The van der Waals surface area contributed by atoms with Gasteiger partial charge in [-0.3, -0.25) is 0 Å². The Balaban J connectivity index is 2.14. The fourth-order valence-corrected chi connectivity index (χ4v) is 2.62. The lowest BCUT2D eigenvalue weighted by atomic mass is 10.1. The second kappa shape index (κ2) is 5.83. The lowest BCUT2D eigenvalue weighted by molar-refractivity contribution is -0.695. The Labute approximate surface area is 125 Å². The monoisotopic (exact) mass is 279 g/mol. The number of pyridine rings is 1. The molecule has 3 heteroatoms. The van der Waals surface area contributed by atoms with Crippen molar-refractivity contribution < 1.29 is 9.30 Å². The third-order valence-corrected chi connectivity index (χ3v) is 3.57. The van der Waals surface area contributed by atoms with Crippen LogP contribution in [0.1, 0.15) is 13.0 Å². The maximum Gasteiger partial charge on any atom is 0.279 e. The van der Waals surface area contributed by atoms with E-state index >= 15 is 0 Å². The van der Waals surface area contributed by atoms with E-state index in [9.17, 15) is 0 Å². The summed E-state index contributed by atoms with van der Waals surface area (Å²) in [6, 6.07) is 14.7. The highest BCUT2D eigenvalue weighted by Crippen LogP contribution is 2.31. The van der Waals surface area contributed by atoms with Gasteiger partial charge in [-0.1, -0.05) is 24.8 Å². The molecule has 2 heterocycles. The molecule has 1 atom stereocenters. The molecule has 0 aliphatic carbocycles. The molecule has 1 N–H and O–H groups in total. The number of hydrogen-bond donors (Lipinski definition) is 1. The van der Waals surface area contributed by atoms with Crippen LogP contribution in [0.2, 0.25) is 0 Å². The number of rotatable bonds is 3. The van der Waals surface area contributed by atoms with E-state index in [2.05, 4.69) is 47.7 Å². The fraction of sp³-hybridized carbons (Fsp3) is 0.167. The van der Waals surface area contributed by atoms with Crippen molar-refractivity contribution >= 4 is 5.82 Å². The molecule has 1 aliphatic heterocycles. The average molecular weight is 279 g/mol. The quantitative estimate of drug-likeness (QED) is 0.684. The molecule has 0 fully saturated rings. The first-order valence-electron chi connectivity index (χ1n) is 7.12. The van der Waals surface area contributed by atoms with Crippen molar-refractivity contribution in [3.63, 3.8) is 0 Å². The van der Waals surface area contributed by atoms with E-state index in [0.29, 0.717) is 6.61 Å². The van der Waals surface area contributed by atoms with Gasteiger partial charge in [-0.05, 0) is 37.3 Å². The summed E-state index contributed by atoms with van der Waals surface area (Å²) in [5.74, 6) is 1.98. The zero-order chi connectivity index (χ0) is 14.7. The van der Waals surface area contributed by atoms with Crippen molar-refractivity contribution in [3.8, 4) is 17.0 Å². The Morgan fingerprint density at radius 2 is 2.10 bits per heavy atom. The summed E-state index contributed by atoms with van der Waals surface area (Å²) >= 11 is 0. The van der Waals surface area contributed by atoms with Crippen LogP contribution in [0.15, 0.2) is 67.4 Å². The second-order valence-corrected chi connectivity index (χ2v) is 5.06. The molecule has 0 saturated carbocycles. The smallest absolute Gasteiger partial charge is 0.279 e. The fourth-order valence-electron chi connectivity index (χ4n) is 2.62. The number of para-hydroxylation sites is 1. The lowest BCUT2D eigenvalue weighted by Gasteiger charge is -2.13. The number of aromatic nitrogens is 1. The third-order valence-electron chi connectivity index (χ3n) is 3.57. The van der Waals surface area contributed by atoms with Gasteiger partial charge in [0.2, 0.25) is 0 Å². The predicted octanol–water partition coefficient (Wildman–Crippen LogP) is 3.71. The van der Waals surface area contributed by atoms with Crippen molar-refractivity contribution in [2.75, 3.05) is 11.9 Å². The number of fused-ring (bicyclic) bond motifs is 3. The Bertz CT molecular complexity index is 691. The van der Waals surface area contributed by atoms with Gasteiger partial charge in [-0.25, -0.2) is 9.88 Å². The molecular formula is C18H19N2O+. The van der Waals surface area contributed by atoms with Crippen molar-refractivity contribution in [1.29, 1.82) is 0 Å². The van der Waals surface area contributed by atoms with E-state index in [1.54, 1.807) is 6.08 Å². The van der Waals surface area contributed by atoms with Crippen LogP contribution in [0.5, 0.6) is 5.75 Å². The van der Waals surface area contributed by atoms with E-state index in [1.165, 1.54) is 0 Å². The zero-order valence-corrected chi connectivity index (χ0v) is 12.1. The summed E-state index contributed by atoms with van der Waals surface area (Å²) in [6.07, 6.45) is 5.52. The van der Waals surface area contributed by atoms with Crippen LogP contribution < -0.4 is 14.6 Å². The predicted molar refractivity (Wildman–Crippen MR) is 85.2 cm³/mol. The number of allylic oxidation sites excluding steroid dienone is 2. The van der Waals surface area contributed by atoms with Gasteiger partial charge in [-0.15, -0.1) is 0 Å². The highest BCUT2D eigenvalue weighted by molar-refractivity contribution is 5.65. The van der Waals surface area contributed by atoms with Crippen LogP contribution in [0.25, 0.3) is 11.3 Å². The molecule has 0 radical (unpaired) electrons. The summed E-state index contributed by atoms with van der Waals surface area (Å²) in [6.45, 7) is 6.50. The molecular weight excluding hydrogens is 260 g/mol. The Kier molecular flexibility index (Phi) is 3.73. The van der Waals surface area contributed by atoms with Gasteiger partial charge < -0.3 is 4.74 Å². The minimum Gasteiger partial charge on any atom is -0.488 e. The third kappa shape index (κ3) is 2.55. The van der Waals surface area contributed by atoms with Crippen LogP contribution in [-0.2, 0) is 0 Å². The molecule has 1 aromatic heterocycles. The summed E-state index contributed by atoms with van der Waals surface area (Å²) in [5, 5.41) is 3.32. The normalized spacial score (nSPS) is 16.5. The molecule has 106 valence electrons. The molecule has 0 bridgehead atoms. The first-order valence-corrected chi connectivity index (χ1v) is 7.12. The van der Waals surface area contributed by atoms with Gasteiger partial charge in [0.25, 0.3) is 5.82 Å². The topological polar surface area (TPSA) is 25.1 Å². The van der Waals surface area contributed by atoms with Crippen LogP contribution in [0, 0.1) is 0 Å². The van der Waals surface area contributed by atoms with Gasteiger partial charge in [0.15, 0.2) is 0 Å². The summed E-state index contributed by atoms with van der Waals surface area (Å²) < 4.78 is 8.22. The van der Waals surface area contributed by atoms with Crippen LogP contribution >= 0.6 is 0 Å². The Morgan fingerprint density at radius 3 is 2.95 bits per heavy atom. The largest absolute Gasteiger partial charge is 0.488 e. The first-order chi connectivity index (χ1) is 10.3. The molecule has 3 nitrogen and oxygen atoms in total. The van der Waals surface area contributed by atoms with Crippen LogP contribution in [0.4, 0.5) is 5.82 Å². The average Bonchev–Trinajstić information content (AvgIpc) is 2.66. The maximum absolute atomic E-state index is 5.94. The SMILES string of the molecule is C=CC=CNc1cccc2[n+]1C(C)COc1ccccc1-2. The first kappa shape index (κ1) is 13.4. The number of nitrogens with zero attached hydrogens (tertiary/aromatic N) is 1. The number of benzene rings is 1. The van der Waals surface area contributed by atoms with Gasteiger partial charge in [-0.2, -0.15) is 0 Å². The van der Waals surface area contributed by atoms with Crippen molar-refractivity contribution in [1.82, 2.24) is 0 Å². The Hall–Kier alpha value is -2.55. The Morgan fingerprint density at radius 1 is 1.24 bits per heavy atom. The molecule has 2 aromatic rings. The van der Waals surface area contributed by atoms with Crippen molar-refractivity contribution in [2.24, 2.45) is 0 Å². The lowest BCUT2D eigenvalue weighted by Crippen LogP contribution is -2.43. The molecule has 3 rings (SSSR count). The van der Waals surface area contributed by atoms with Crippen LogP contribution in [0.3, 0.4) is 0 Å².